The number of halogens is 1. The molecule has 0 bridgehead atoms. The van der Waals surface area contributed by atoms with Crippen molar-refractivity contribution in [3.8, 4) is 11.5 Å². The highest BCUT2D eigenvalue weighted by atomic mass is 35.5. The summed E-state index contributed by atoms with van der Waals surface area (Å²) >= 11 is 6.00. The summed E-state index contributed by atoms with van der Waals surface area (Å²) < 4.78 is 11.1. The summed E-state index contributed by atoms with van der Waals surface area (Å²) in [6, 6.07) is 10.2. The van der Waals surface area contributed by atoms with Crippen LogP contribution in [-0.2, 0) is 9.59 Å². The van der Waals surface area contributed by atoms with Gasteiger partial charge in [-0.3, -0.25) is 25.2 Å². The molecule has 31 heavy (non-hydrogen) atoms. The van der Waals surface area contributed by atoms with Gasteiger partial charge in [0.2, 0.25) is 0 Å². The Morgan fingerprint density at radius 2 is 1.71 bits per heavy atom. The molecule has 8 nitrogen and oxygen atoms in total. The third-order valence-corrected chi connectivity index (χ3v) is 4.47. The van der Waals surface area contributed by atoms with Crippen molar-refractivity contribution in [2.24, 2.45) is 0 Å². The first-order valence-corrected chi connectivity index (χ1v) is 10.1. The summed E-state index contributed by atoms with van der Waals surface area (Å²) in [7, 11) is 0. The maximum atomic E-state index is 12.3. The predicted octanol–water partition coefficient (Wildman–Crippen LogP) is 2.70. The molecule has 0 saturated carbocycles. The van der Waals surface area contributed by atoms with E-state index in [9.17, 15) is 14.4 Å². The monoisotopic (exact) mass is 447 g/mol. The molecule has 1 atom stereocenters. The van der Waals surface area contributed by atoms with Gasteiger partial charge in [-0.15, -0.1) is 0 Å². The van der Waals surface area contributed by atoms with E-state index in [-0.39, 0.29) is 6.54 Å². The molecule has 0 aliphatic heterocycles. The molecular formula is C22H26ClN3O5. The number of ether oxygens (including phenoxy) is 2. The average Bonchev–Trinajstić information content (AvgIpc) is 2.73. The summed E-state index contributed by atoms with van der Waals surface area (Å²) in [5, 5.41) is 3.07. The fourth-order valence-corrected chi connectivity index (χ4v) is 3.11. The molecule has 0 fully saturated rings. The van der Waals surface area contributed by atoms with Crippen LogP contribution in [0.3, 0.4) is 0 Å². The second-order valence-electron chi connectivity index (χ2n) is 6.78. The molecule has 0 aromatic heterocycles. The molecular weight excluding hydrogens is 422 g/mol. The Kier molecular flexibility index (Phi) is 8.69. The van der Waals surface area contributed by atoms with Crippen LogP contribution in [0.4, 0.5) is 0 Å². The van der Waals surface area contributed by atoms with Gasteiger partial charge in [-0.1, -0.05) is 23.7 Å². The van der Waals surface area contributed by atoms with Gasteiger partial charge in [-0.2, -0.15) is 0 Å². The van der Waals surface area contributed by atoms with E-state index in [0.717, 1.165) is 11.1 Å². The van der Waals surface area contributed by atoms with E-state index in [2.05, 4.69) is 16.2 Å². The van der Waals surface area contributed by atoms with Crippen LogP contribution in [0.1, 0.15) is 35.3 Å². The highest BCUT2D eigenvalue weighted by molar-refractivity contribution is 6.30. The second-order valence-corrected chi connectivity index (χ2v) is 7.21. The van der Waals surface area contributed by atoms with Crippen molar-refractivity contribution in [3.05, 3.63) is 58.1 Å². The smallest absolute Gasteiger partial charge is 0.279 e. The van der Waals surface area contributed by atoms with Crippen molar-refractivity contribution < 1.29 is 23.9 Å². The van der Waals surface area contributed by atoms with Gasteiger partial charge in [0.15, 0.2) is 6.10 Å². The number of para-hydroxylation sites is 1. The minimum atomic E-state index is -0.869. The van der Waals surface area contributed by atoms with Crippen LogP contribution in [0.15, 0.2) is 36.4 Å². The molecule has 0 spiro atoms. The number of aryl methyl sites for hydroxylation is 2. The molecule has 1 unspecified atom stereocenters. The van der Waals surface area contributed by atoms with Crippen LogP contribution in [0.2, 0.25) is 5.02 Å². The van der Waals surface area contributed by atoms with Crippen LogP contribution in [0.25, 0.3) is 0 Å². The van der Waals surface area contributed by atoms with Gasteiger partial charge < -0.3 is 14.8 Å². The Balaban J connectivity index is 1.83. The molecule has 0 heterocycles. The van der Waals surface area contributed by atoms with Crippen molar-refractivity contribution in [3.63, 3.8) is 0 Å². The molecule has 3 amide bonds. The lowest BCUT2D eigenvalue weighted by Crippen LogP contribution is -2.50. The van der Waals surface area contributed by atoms with Gasteiger partial charge in [-0.25, -0.2) is 0 Å². The zero-order valence-electron chi connectivity index (χ0n) is 17.9. The van der Waals surface area contributed by atoms with Crippen LogP contribution < -0.4 is 25.6 Å². The third kappa shape index (κ3) is 6.89. The number of rotatable bonds is 8. The molecule has 2 aromatic rings. The predicted molar refractivity (Wildman–Crippen MR) is 117 cm³/mol. The number of carbonyl (C=O) groups excluding carboxylic acids is 3. The summed E-state index contributed by atoms with van der Waals surface area (Å²) in [6.45, 7) is 7.10. The third-order valence-electron chi connectivity index (χ3n) is 4.26. The summed E-state index contributed by atoms with van der Waals surface area (Å²) in [4.78, 5) is 36.5. The standard InChI is InChI=1S/C22H26ClN3O5/c1-5-30-18-9-7-6-8-17(18)22(29)24-12-19(27)25-26-21(28)15(4)31-20-13(2)10-16(23)11-14(20)3/h6-11,15H,5,12H2,1-4H3,(H,24,29)(H,25,27)(H,26,28). The first kappa shape index (κ1) is 24.0. The van der Waals surface area contributed by atoms with E-state index in [1.165, 1.54) is 0 Å². The lowest BCUT2D eigenvalue weighted by molar-refractivity contribution is -0.132. The van der Waals surface area contributed by atoms with Gasteiger partial charge in [0.1, 0.15) is 11.5 Å². The van der Waals surface area contributed by atoms with E-state index >= 15 is 0 Å². The topological polar surface area (TPSA) is 106 Å². The number of carbonyl (C=O) groups is 3. The average molecular weight is 448 g/mol. The quantitative estimate of drug-likeness (QED) is 0.539. The van der Waals surface area contributed by atoms with Crippen molar-refractivity contribution in [1.82, 2.24) is 16.2 Å². The van der Waals surface area contributed by atoms with Gasteiger partial charge in [0, 0.05) is 5.02 Å². The SMILES string of the molecule is CCOc1ccccc1C(=O)NCC(=O)NNC(=O)C(C)Oc1c(C)cc(Cl)cc1C. The van der Waals surface area contributed by atoms with E-state index in [4.69, 9.17) is 21.1 Å². The Bertz CT molecular complexity index is 941. The summed E-state index contributed by atoms with van der Waals surface area (Å²) in [5.74, 6) is -0.624. The largest absolute Gasteiger partial charge is 0.493 e. The summed E-state index contributed by atoms with van der Waals surface area (Å²) in [5.41, 5.74) is 6.44. The molecule has 0 radical (unpaired) electrons. The van der Waals surface area contributed by atoms with Crippen LogP contribution in [0, 0.1) is 13.8 Å². The highest BCUT2D eigenvalue weighted by Crippen LogP contribution is 2.27. The minimum Gasteiger partial charge on any atom is -0.493 e. The number of hydrazine groups is 1. The van der Waals surface area contributed by atoms with E-state index in [1.54, 1.807) is 43.3 Å². The molecule has 2 aromatic carbocycles. The van der Waals surface area contributed by atoms with Crippen molar-refractivity contribution in [2.45, 2.75) is 33.8 Å². The lowest BCUT2D eigenvalue weighted by atomic mass is 10.1. The number of amides is 3. The van der Waals surface area contributed by atoms with E-state index in [0.29, 0.717) is 28.7 Å². The molecule has 3 N–H and O–H groups in total. The fraction of sp³-hybridized carbons (Fsp3) is 0.318. The van der Waals surface area contributed by atoms with Crippen LogP contribution >= 0.6 is 11.6 Å². The van der Waals surface area contributed by atoms with Crippen LogP contribution in [0.5, 0.6) is 11.5 Å². The molecule has 9 heteroatoms. The zero-order valence-corrected chi connectivity index (χ0v) is 18.6. The first-order valence-electron chi connectivity index (χ1n) is 9.75. The van der Waals surface area contributed by atoms with Crippen molar-refractivity contribution >= 4 is 29.3 Å². The fourth-order valence-electron chi connectivity index (χ4n) is 2.78. The maximum absolute atomic E-state index is 12.3. The normalized spacial score (nSPS) is 11.3. The lowest BCUT2D eigenvalue weighted by Gasteiger charge is -2.18. The number of nitrogens with one attached hydrogen (secondary N) is 3. The second kappa shape index (κ2) is 11.2. The Morgan fingerprint density at radius 3 is 2.35 bits per heavy atom. The van der Waals surface area contributed by atoms with Gasteiger partial charge in [0.25, 0.3) is 17.7 Å². The van der Waals surface area contributed by atoms with Crippen molar-refractivity contribution in [1.29, 1.82) is 0 Å². The Hall–Kier alpha value is -3.26. The van der Waals surface area contributed by atoms with Crippen molar-refractivity contribution in [2.75, 3.05) is 13.2 Å². The van der Waals surface area contributed by atoms with Crippen LogP contribution in [-0.4, -0.2) is 37.0 Å². The molecule has 0 aliphatic carbocycles. The van der Waals surface area contributed by atoms with Gasteiger partial charge >= 0.3 is 0 Å². The summed E-state index contributed by atoms with van der Waals surface area (Å²) in [6.07, 6.45) is -0.869. The first-order chi connectivity index (χ1) is 14.7. The molecule has 0 saturated heterocycles. The zero-order chi connectivity index (χ0) is 23.0. The van der Waals surface area contributed by atoms with Gasteiger partial charge in [-0.05, 0) is 63.1 Å². The minimum absolute atomic E-state index is 0.317. The van der Waals surface area contributed by atoms with Gasteiger partial charge in [0.05, 0.1) is 18.7 Å². The molecule has 166 valence electrons. The van der Waals surface area contributed by atoms with E-state index in [1.807, 2.05) is 20.8 Å². The maximum Gasteiger partial charge on any atom is 0.279 e. The number of hydrogen-bond acceptors (Lipinski definition) is 5. The number of hydrogen-bond donors (Lipinski definition) is 3. The molecule has 0 aliphatic rings. The number of benzene rings is 2. The Morgan fingerprint density at radius 1 is 1.06 bits per heavy atom. The Labute approximate surface area is 186 Å². The van der Waals surface area contributed by atoms with E-state index < -0.39 is 23.8 Å². The molecule has 2 rings (SSSR count). The highest BCUT2D eigenvalue weighted by Gasteiger charge is 2.18.